The number of hydrogen-bond donors (Lipinski definition) is 1. The Morgan fingerprint density at radius 3 is 2.80 bits per heavy atom. The van der Waals surface area contributed by atoms with E-state index in [-0.39, 0.29) is 18.6 Å². The number of anilines is 1. The number of carbonyl (C=O) groups excluding carboxylic acids is 1. The zero-order valence-corrected chi connectivity index (χ0v) is 14.0. The molecule has 6 nitrogen and oxygen atoms in total. The molecule has 2 unspecified atom stereocenters. The molecule has 1 aromatic carbocycles. The van der Waals surface area contributed by atoms with Crippen molar-refractivity contribution in [2.24, 2.45) is 17.8 Å². The van der Waals surface area contributed by atoms with E-state index in [1.165, 1.54) is 25.7 Å². The van der Waals surface area contributed by atoms with Gasteiger partial charge in [0, 0.05) is 12.0 Å². The van der Waals surface area contributed by atoms with Crippen LogP contribution in [0.3, 0.4) is 0 Å². The quantitative estimate of drug-likeness (QED) is 0.930. The van der Waals surface area contributed by atoms with Crippen LogP contribution in [0.5, 0.6) is 11.5 Å². The van der Waals surface area contributed by atoms with Crippen molar-refractivity contribution < 1.29 is 14.3 Å². The summed E-state index contributed by atoms with van der Waals surface area (Å²) < 4.78 is 12.6. The summed E-state index contributed by atoms with van der Waals surface area (Å²) in [4.78, 5) is 12.6. The molecule has 5 rings (SSSR count). The van der Waals surface area contributed by atoms with Crippen molar-refractivity contribution in [2.75, 3.05) is 12.1 Å². The lowest BCUT2D eigenvalue weighted by Crippen LogP contribution is -2.18. The van der Waals surface area contributed by atoms with Crippen molar-refractivity contribution in [3.05, 3.63) is 36.0 Å². The molecule has 0 saturated heterocycles. The van der Waals surface area contributed by atoms with Gasteiger partial charge in [0.25, 0.3) is 0 Å². The molecule has 2 atom stereocenters. The normalized spacial score (nSPS) is 26.2. The van der Waals surface area contributed by atoms with Crippen molar-refractivity contribution in [3.63, 3.8) is 0 Å². The van der Waals surface area contributed by atoms with Crippen molar-refractivity contribution in [2.45, 2.75) is 32.2 Å². The summed E-state index contributed by atoms with van der Waals surface area (Å²) in [5.74, 6) is 3.87. The van der Waals surface area contributed by atoms with E-state index < -0.39 is 0 Å². The number of nitrogens with one attached hydrogen (secondary N) is 1. The Morgan fingerprint density at radius 2 is 1.96 bits per heavy atom. The van der Waals surface area contributed by atoms with Crippen molar-refractivity contribution in [1.29, 1.82) is 0 Å². The predicted molar refractivity (Wildman–Crippen MR) is 91.5 cm³/mol. The third kappa shape index (κ3) is 2.65. The second kappa shape index (κ2) is 5.79. The van der Waals surface area contributed by atoms with Crippen LogP contribution in [0, 0.1) is 17.8 Å². The number of nitrogens with zero attached hydrogens (tertiary/aromatic N) is 2. The molecule has 0 radical (unpaired) electrons. The fourth-order valence-corrected chi connectivity index (χ4v) is 4.37. The van der Waals surface area contributed by atoms with E-state index in [2.05, 4.69) is 10.4 Å². The molecule has 6 heteroatoms. The van der Waals surface area contributed by atoms with Gasteiger partial charge >= 0.3 is 0 Å². The molecule has 130 valence electrons. The fraction of sp³-hybridized carbons (Fsp3) is 0.474. The first-order valence-electron chi connectivity index (χ1n) is 9.01. The van der Waals surface area contributed by atoms with Gasteiger partial charge in [0.15, 0.2) is 11.5 Å². The van der Waals surface area contributed by atoms with Gasteiger partial charge in [-0.1, -0.05) is 18.9 Å². The molecule has 3 aliphatic rings. The Morgan fingerprint density at radius 1 is 1.16 bits per heavy atom. The molecular formula is C19H21N3O3. The predicted octanol–water partition coefficient (Wildman–Crippen LogP) is 3.03. The van der Waals surface area contributed by atoms with Crippen LogP contribution in [-0.2, 0) is 11.3 Å². The van der Waals surface area contributed by atoms with Crippen LogP contribution in [0.15, 0.2) is 30.5 Å². The number of amides is 1. The summed E-state index contributed by atoms with van der Waals surface area (Å²) >= 11 is 0. The van der Waals surface area contributed by atoms with Crippen LogP contribution < -0.4 is 14.8 Å². The second-order valence-corrected chi connectivity index (χ2v) is 7.19. The highest BCUT2D eigenvalue weighted by atomic mass is 16.7. The van der Waals surface area contributed by atoms with Crippen LogP contribution in [0.1, 0.15) is 31.2 Å². The van der Waals surface area contributed by atoms with E-state index in [1.807, 2.05) is 28.9 Å². The van der Waals surface area contributed by atoms with E-state index in [4.69, 9.17) is 9.47 Å². The van der Waals surface area contributed by atoms with Gasteiger partial charge in [-0.25, -0.2) is 4.68 Å². The SMILES string of the molecule is O=C(Nc1ccnn1Cc1ccc2c(c1)OCO2)C1C2CCCCC21. The number of ether oxygens (including phenoxy) is 2. The number of benzene rings is 1. The molecule has 1 N–H and O–H groups in total. The first kappa shape index (κ1) is 14.8. The monoisotopic (exact) mass is 339 g/mol. The Hall–Kier alpha value is -2.50. The Kier molecular flexibility index (Phi) is 3.43. The summed E-state index contributed by atoms with van der Waals surface area (Å²) in [6.07, 6.45) is 6.68. The average molecular weight is 339 g/mol. The summed E-state index contributed by atoms with van der Waals surface area (Å²) in [6, 6.07) is 7.73. The molecule has 0 bridgehead atoms. The van der Waals surface area contributed by atoms with Gasteiger partial charge in [-0.2, -0.15) is 5.10 Å². The minimum atomic E-state index is 0.157. The van der Waals surface area contributed by atoms with Crippen molar-refractivity contribution >= 4 is 11.7 Å². The summed E-state index contributed by atoms with van der Waals surface area (Å²) in [5, 5.41) is 7.45. The summed E-state index contributed by atoms with van der Waals surface area (Å²) in [6.45, 7) is 0.850. The molecule has 2 heterocycles. The minimum absolute atomic E-state index is 0.157. The van der Waals surface area contributed by atoms with Crippen LogP contribution in [0.4, 0.5) is 5.82 Å². The number of carbonyl (C=O) groups is 1. The molecule has 2 saturated carbocycles. The van der Waals surface area contributed by atoms with Gasteiger partial charge in [-0.3, -0.25) is 4.79 Å². The molecular weight excluding hydrogens is 318 g/mol. The summed E-state index contributed by atoms with van der Waals surface area (Å²) in [5.41, 5.74) is 1.06. The summed E-state index contributed by atoms with van der Waals surface area (Å²) in [7, 11) is 0. The van der Waals surface area contributed by atoms with Gasteiger partial charge in [0.2, 0.25) is 12.7 Å². The zero-order chi connectivity index (χ0) is 16.8. The molecule has 1 amide bonds. The van der Waals surface area contributed by atoms with Crippen molar-refractivity contribution in [3.8, 4) is 11.5 Å². The number of rotatable bonds is 4. The van der Waals surface area contributed by atoms with E-state index in [0.717, 1.165) is 22.9 Å². The Labute approximate surface area is 146 Å². The van der Waals surface area contributed by atoms with Gasteiger partial charge in [0.05, 0.1) is 12.7 Å². The van der Waals surface area contributed by atoms with E-state index >= 15 is 0 Å². The van der Waals surface area contributed by atoms with Gasteiger partial charge in [-0.15, -0.1) is 0 Å². The maximum atomic E-state index is 12.6. The average Bonchev–Trinajstić information content (AvgIpc) is 2.92. The highest BCUT2D eigenvalue weighted by Gasteiger charge is 2.54. The number of fused-ring (bicyclic) bond motifs is 2. The highest BCUT2D eigenvalue weighted by Crippen LogP contribution is 2.55. The van der Waals surface area contributed by atoms with Crippen molar-refractivity contribution in [1.82, 2.24) is 9.78 Å². The lowest BCUT2D eigenvalue weighted by Gasteiger charge is -2.09. The maximum Gasteiger partial charge on any atom is 0.231 e. The van der Waals surface area contributed by atoms with E-state index in [1.54, 1.807) is 6.20 Å². The highest BCUT2D eigenvalue weighted by molar-refractivity contribution is 5.94. The van der Waals surface area contributed by atoms with Gasteiger partial charge in [-0.05, 0) is 42.4 Å². The molecule has 1 aromatic heterocycles. The standard InChI is InChI=1S/C19H21N3O3/c23-19(18-13-3-1-2-4-14(13)18)21-17-7-8-20-22(17)10-12-5-6-15-16(9-12)25-11-24-15/h5-9,13-14,18H,1-4,10-11H2,(H,21,23). The first-order valence-corrected chi connectivity index (χ1v) is 9.01. The Bertz CT molecular complexity index is 804. The molecule has 2 fully saturated rings. The van der Waals surface area contributed by atoms with E-state index in [9.17, 15) is 4.79 Å². The lowest BCUT2D eigenvalue weighted by atomic mass is 10.0. The lowest BCUT2D eigenvalue weighted by molar-refractivity contribution is -0.117. The van der Waals surface area contributed by atoms with Crippen LogP contribution in [0.2, 0.25) is 0 Å². The second-order valence-electron chi connectivity index (χ2n) is 7.19. The molecule has 0 spiro atoms. The number of hydrogen-bond acceptors (Lipinski definition) is 4. The third-order valence-electron chi connectivity index (χ3n) is 5.70. The maximum absolute atomic E-state index is 12.6. The smallest absolute Gasteiger partial charge is 0.231 e. The van der Waals surface area contributed by atoms with Crippen LogP contribution >= 0.6 is 0 Å². The zero-order valence-electron chi connectivity index (χ0n) is 14.0. The van der Waals surface area contributed by atoms with Crippen LogP contribution in [-0.4, -0.2) is 22.5 Å². The fourth-order valence-electron chi connectivity index (χ4n) is 4.37. The topological polar surface area (TPSA) is 65.4 Å². The van der Waals surface area contributed by atoms with Gasteiger partial charge < -0.3 is 14.8 Å². The third-order valence-corrected chi connectivity index (χ3v) is 5.70. The largest absolute Gasteiger partial charge is 0.454 e. The van der Waals surface area contributed by atoms with Gasteiger partial charge in [0.1, 0.15) is 5.82 Å². The minimum Gasteiger partial charge on any atom is -0.454 e. The Balaban J connectivity index is 1.28. The molecule has 2 aromatic rings. The molecule has 25 heavy (non-hydrogen) atoms. The van der Waals surface area contributed by atoms with Crippen LogP contribution in [0.25, 0.3) is 0 Å². The molecule has 1 aliphatic heterocycles. The van der Waals surface area contributed by atoms with E-state index in [0.29, 0.717) is 18.4 Å². The number of aromatic nitrogens is 2. The molecule has 2 aliphatic carbocycles. The first-order chi connectivity index (χ1) is 12.3.